The zero-order valence-electron chi connectivity index (χ0n) is 18.9. The summed E-state index contributed by atoms with van der Waals surface area (Å²) in [6.07, 6.45) is 0. The summed E-state index contributed by atoms with van der Waals surface area (Å²) < 4.78 is 19.9. The molecule has 1 aromatic heterocycles. The number of nitrogens with one attached hydrogen (secondary N) is 1. The molecule has 0 aliphatic heterocycles. The molecular weight excluding hydrogens is 469 g/mol. The standard InChI is InChI=1S/C26H22FN3O4S/c1-2-34-25(33)20-8-4-6-10-22(20)28-23(31)16-35-26-29-21-9-5-3-7-19(21)24(32)30(26)15-17-11-13-18(27)14-12-17/h3-14H,2,15-16H2,1H3,(H,28,31). The average molecular weight is 492 g/mol. The smallest absolute Gasteiger partial charge is 0.340 e. The number of ether oxygens (including phenoxy) is 1. The summed E-state index contributed by atoms with van der Waals surface area (Å²) >= 11 is 1.10. The van der Waals surface area contributed by atoms with Gasteiger partial charge in [0.05, 0.1) is 41.1 Å². The van der Waals surface area contributed by atoms with Gasteiger partial charge in [-0.15, -0.1) is 0 Å². The van der Waals surface area contributed by atoms with E-state index >= 15 is 0 Å². The molecule has 1 amide bonds. The van der Waals surface area contributed by atoms with Crippen molar-refractivity contribution in [3.63, 3.8) is 0 Å². The molecule has 0 bridgehead atoms. The first-order valence-electron chi connectivity index (χ1n) is 10.9. The Morgan fingerprint density at radius 2 is 1.74 bits per heavy atom. The van der Waals surface area contributed by atoms with Gasteiger partial charge in [0.25, 0.3) is 5.56 Å². The number of thioether (sulfide) groups is 1. The largest absolute Gasteiger partial charge is 0.462 e. The number of benzene rings is 3. The highest BCUT2D eigenvalue weighted by atomic mass is 32.2. The summed E-state index contributed by atoms with van der Waals surface area (Å²) in [4.78, 5) is 42.7. The highest BCUT2D eigenvalue weighted by Gasteiger charge is 2.16. The number of carbonyl (C=O) groups excluding carboxylic acids is 2. The Hall–Kier alpha value is -3.98. The van der Waals surface area contributed by atoms with E-state index in [1.54, 1.807) is 67.6 Å². The van der Waals surface area contributed by atoms with Crippen molar-refractivity contribution in [1.82, 2.24) is 9.55 Å². The fraction of sp³-hybridized carbons (Fsp3) is 0.154. The van der Waals surface area contributed by atoms with Crippen LogP contribution in [-0.4, -0.2) is 33.8 Å². The molecule has 35 heavy (non-hydrogen) atoms. The van der Waals surface area contributed by atoms with E-state index in [-0.39, 0.29) is 41.8 Å². The summed E-state index contributed by atoms with van der Waals surface area (Å²) in [5, 5.41) is 3.53. The minimum absolute atomic E-state index is 0.0502. The van der Waals surface area contributed by atoms with Gasteiger partial charge in [-0.05, 0) is 48.9 Å². The van der Waals surface area contributed by atoms with Crippen molar-refractivity contribution >= 4 is 40.2 Å². The molecule has 0 radical (unpaired) electrons. The second kappa shape index (κ2) is 11.0. The fourth-order valence-electron chi connectivity index (χ4n) is 3.47. The lowest BCUT2D eigenvalue weighted by Crippen LogP contribution is -2.25. The number of hydrogen-bond acceptors (Lipinski definition) is 6. The predicted molar refractivity (Wildman–Crippen MR) is 133 cm³/mol. The highest BCUT2D eigenvalue weighted by Crippen LogP contribution is 2.21. The van der Waals surface area contributed by atoms with Crippen LogP contribution in [0.1, 0.15) is 22.8 Å². The third-order valence-electron chi connectivity index (χ3n) is 5.11. The van der Waals surface area contributed by atoms with Crippen molar-refractivity contribution in [1.29, 1.82) is 0 Å². The van der Waals surface area contributed by atoms with Gasteiger partial charge in [0.1, 0.15) is 5.82 Å². The molecule has 178 valence electrons. The number of halogens is 1. The van der Waals surface area contributed by atoms with Crippen molar-refractivity contribution in [2.45, 2.75) is 18.6 Å². The van der Waals surface area contributed by atoms with Crippen LogP contribution in [0.3, 0.4) is 0 Å². The van der Waals surface area contributed by atoms with Crippen LogP contribution in [0.15, 0.2) is 82.7 Å². The summed E-state index contributed by atoms with van der Waals surface area (Å²) in [5.41, 5.74) is 1.58. The number of amides is 1. The average Bonchev–Trinajstić information content (AvgIpc) is 2.86. The van der Waals surface area contributed by atoms with Crippen molar-refractivity contribution in [2.24, 2.45) is 0 Å². The van der Waals surface area contributed by atoms with Crippen LogP contribution >= 0.6 is 11.8 Å². The van der Waals surface area contributed by atoms with E-state index < -0.39 is 5.97 Å². The van der Waals surface area contributed by atoms with Crippen LogP contribution in [0.4, 0.5) is 10.1 Å². The van der Waals surface area contributed by atoms with E-state index in [4.69, 9.17) is 4.74 Å². The van der Waals surface area contributed by atoms with Gasteiger partial charge in [0, 0.05) is 0 Å². The van der Waals surface area contributed by atoms with Crippen molar-refractivity contribution < 1.29 is 18.7 Å². The molecule has 0 saturated carbocycles. The number of aromatic nitrogens is 2. The number of anilines is 1. The number of fused-ring (bicyclic) bond motifs is 1. The van der Waals surface area contributed by atoms with Crippen LogP contribution < -0.4 is 10.9 Å². The second-order valence-electron chi connectivity index (χ2n) is 7.53. The van der Waals surface area contributed by atoms with Crippen LogP contribution in [-0.2, 0) is 16.1 Å². The molecule has 0 atom stereocenters. The maximum Gasteiger partial charge on any atom is 0.340 e. The first-order valence-corrected chi connectivity index (χ1v) is 11.9. The van der Waals surface area contributed by atoms with Gasteiger partial charge in [-0.3, -0.25) is 14.2 Å². The number of hydrogen-bond donors (Lipinski definition) is 1. The number of nitrogens with zero attached hydrogens (tertiary/aromatic N) is 2. The number of para-hydroxylation sites is 2. The maximum atomic E-state index is 13.3. The lowest BCUT2D eigenvalue weighted by Gasteiger charge is -2.14. The van der Waals surface area contributed by atoms with E-state index in [1.165, 1.54) is 16.7 Å². The van der Waals surface area contributed by atoms with Crippen LogP contribution in [0.2, 0.25) is 0 Å². The lowest BCUT2D eigenvalue weighted by molar-refractivity contribution is -0.113. The molecule has 1 heterocycles. The Labute approximate surface area is 205 Å². The van der Waals surface area contributed by atoms with Crippen LogP contribution in [0.5, 0.6) is 0 Å². The highest BCUT2D eigenvalue weighted by molar-refractivity contribution is 7.99. The Bertz CT molecular complexity index is 1440. The zero-order chi connectivity index (χ0) is 24.8. The lowest BCUT2D eigenvalue weighted by atomic mass is 10.2. The van der Waals surface area contributed by atoms with E-state index in [9.17, 15) is 18.8 Å². The van der Waals surface area contributed by atoms with Gasteiger partial charge in [0.15, 0.2) is 5.16 Å². The Morgan fingerprint density at radius 1 is 1.03 bits per heavy atom. The molecule has 1 N–H and O–H groups in total. The van der Waals surface area contributed by atoms with Crippen molar-refractivity contribution in [3.05, 3.63) is 100 Å². The first kappa shape index (κ1) is 24.2. The van der Waals surface area contributed by atoms with Crippen molar-refractivity contribution in [3.8, 4) is 0 Å². The molecule has 4 aromatic rings. The molecule has 9 heteroatoms. The Kier molecular flexibility index (Phi) is 7.57. The maximum absolute atomic E-state index is 13.3. The van der Waals surface area contributed by atoms with Gasteiger partial charge in [-0.2, -0.15) is 0 Å². The summed E-state index contributed by atoms with van der Waals surface area (Å²) in [7, 11) is 0. The third-order valence-corrected chi connectivity index (χ3v) is 6.09. The van der Waals surface area contributed by atoms with Crippen LogP contribution in [0, 0.1) is 5.82 Å². The number of carbonyl (C=O) groups is 2. The Morgan fingerprint density at radius 3 is 2.51 bits per heavy atom. The van der Waals surface area contributed by atoms with Gasteiger partial charge in [-0.25, -0.2) is 14.2 Å². The molecule has 4 rings (SSSR count). The monoisotopic (exact) mass is 491 g/mol. The Balaban J connectivity index is 1.58. The molecule has 0 spiro atoms. The van der Waals surface area contributed by atoms with E-state index in [0.717, 1.165) is 17.3 Å². The molecule has 0 saturated heterocycles. The topological polar surface area (TPSA) is 90.3 Å². The number of rotatable bonds is 8. The van der Waals surface area contributed by atoms with Crippen LogP contribution in [0.25, 0.3) is 10.9 Å². The predicted octanol–water partition coefficient (Wildman–Crippen LogP) is 4.49. The molecule has 0 aliphatic rings. The summed E-state index contributed by atoms with van der Waals surface area (Å²) in [6.45, 7) is 2.10. The minimum Gasteiger partial charge on any atom is -0.462 e. The third kappa shape index (κ3) is 5.75. The van der Waals surface area contributed by atoms with E-state index in [0.29, 0.717) is 21.7 Å². The van der Waals surface area contributed by atoms with E-state index in [1.807, 2.05) is 0 Å². The summed E-state index contributed by atoms with van der Waals surface area (Å²) in [6, 6.07) is 19.4. The van der Waals surface area contributed by atoms with E-state index in [2.05, 4.69) is 10.3 Å². The molecular formula is C26H22FN3O4S. The SMILES string of the molecule is CCOC(=O)c1ccccc1NC(=O)CSc1nc2ccccc2c(=O)n1Cc1ccc(F)cc1. The number of esters is 1. The fourth-order valence-corrected chi connectivity index (χ4v) is 4.26. The molecule has 3 aromatic carbocycles. The van der Waals surface area contributed by atoms with Crippen molar-refractivity contribution in [2.75, 3.05) is 17.7 Å². The van der Waals surface area contributed by atoms with Gasteiger partial charge in [0.2, 0.25) is 5.91 Å². The molecule has 0 aliphatic carbocycles. The molecule has 0 fully saturated rings. The second-order valence-corrected chi connectivity index (χ2v) is 8.47. The first-order chi connectivity index (χ1) is 17.0. The summed E-state index contributed by atoms with van der Waals surface area (Å²) in [5.74, 6) is -1.32. The normalized spacial score (nSPS) is 10.8. The minimum atomic E-state index is -0.527. The molecule has 0 unspecified atom stereocenters. The quantitative estimate of drug-likeness (QED) is 0.222. The van der Waals surface area contributed by atoms with Gasteiger partial charge < -0.3 is 10.1 Å². The van der Waals surface area contributed by atoms with Gasteiger partial charge >= 0.3 is 5.97 Å². The van der Waals surface area contributed by atoms with Gasteiger partial charge in [-0.1, -0.05) is 48.2 Å². The molecule has 7 nitrogen and oxygen atoms in total. The zero-order valence-corrected chi connectivity index (χ0v) is 19.7.